The van der Waals surface area contributed by atoms with Crippen molar-refractivity contribution in [2.75, 3.05) is 11.7 Å². The number of amides is 1. The van der Waals surface area contributed by atoms with Crippen LogP contribution < -0.4 is 19.1 Å². The van der Waals surface area contributed by atoms with Gasteiger partial charge in [0.1, 0.15) is 5.75 Å². The SMILES string of the molecule is O=C1N(Cc2ccc(Cl)cc2)c2ccc(OC(F)(F)F)cc2C1(O)c1ccc2c(c1)OCO2. The average molecular weight is 478 g/mol. The number of hydrogen-bond donors (Lipinski definition) is 1. The lowest BCUT2D eigenvalue weighted by Crippen LogP contribution is -2.40. The zero-order valence-electron chi connectivity index (χ0n) is 16.7. The van der Waals surface area contributed by atoms with Gasteiger partial charge in [0.25, 0.3) is 5.91 Å². The van der Waals surface area contributed by atoms with E-state index in [1.165, 1.54) is 29.2 Å². The fourth-order valence-corrected chi connectivity index (χ4v) is 4.11. The molecule has 170 valence electrons. The van der Waals surface area contributed by atoms with E-state index in [1.54, 1.807) is 24.3 Å². The maximum absolute atomic E-state index is 13.6. The fraction of sp³-hybridized carbons (Fsp3) is 0.174. The van der Waals surface area contributed by atoms with E-state index >= 15 is 0 Å². The number of halogens is 4. The van der Waals surface area contributed by atoms with E-state index in [9.17, 15) is 23.1 Å². The lowest BCUT2D eigenvalue weighted by molar-refractivity contribution is -0.274. The van der Waals surface area contributed by atoms with Crippen molar-refractivity contribution in [3.8, 4) is 17.2 Å². The highest BCUT2D eigenvalue weighted by molar-refractivity contribution is 6.30. The van der Waals surface area contributed by atoms with Crippen molar-refractivity contribution in [3.63, 3.8) is 0 Å². The Morgan fingerprint density at radius 2 is 1.76 bits per heavy atom. The third-order valence-corrected chi connectivity index (χ3v) is 5.73. The van der Waals surface area contributed by atoms with Crippen LogP contribution in [0.1, 0.15) is 16.7 Å². The molecule has 0 saturated heterocycles. The molecule has 0 aromatic heterocycles. The Balaban J connectivity index is 1.62. The van der Waals surface area contributed by atoms with Gasteiger partial charge in [-0.1, -0.05) is 29.8 Å². The lowest BCUT2D eigenvalue weighted by Gasteiger charge is -2.24. The van der Waals surface area contributed by atoms with Gasteiger partial charge in [-0.2, -0.15) is 0 Å². The van der Waals surface area contributed by atoms with E-state index in [-0.39, 0.29) is 30.2 Å². The summed E-state index contributed by atoms with van der Waals surface area (Å²) >= 11 is 5.93. The maximum atomic E-state index is 13.6. The molecule has 6 nitrogen and oxygen atoms in total. The quantitative estimate of drug-likeness (QED) is 0.587. The Kier molecular flexibility index (Phi) is 4.91. The lowest BCUT2D eigenvalue weighted by atomic mass is 9.87. The number of benzene rings is 3. The molecule has 1 atom stereocenters. The molecule has 0 bridgehead atoms. The van der Waals surface area contributed by atoms with Crippen molar-refractivity contribution in [1.82, 2.24) is 0 Å². The molecular formula is C23H15ClF3NO5. The molecule has 2 aliphatic heterocycles. The molecule has 0 spiro atoms. The molecule has 10 heteroatoms. The molecule has 33 heavy (non-hydrogen) atoms. The Labute approximate surface area is 190 Å². The highest BCUT2D eigenvalue weighted by Crippen LogP contribution is 2.48. The van der Waals surface area contributed by atoms with E-state index < -0.39 is 23.6 Å². The zero-order chi connectivity index (χ0) is 23.4. The molecule has 0 radical (unpaired) electrons. The summed E-state index contributed by atoms with van der Waals surface area (Å²) in [7, 11) is 0. The summed E-state index contributed by atoms with van der Waals surface area (Å²) < 4.78 is 53.1. The molecule has 1 unspecified atom stereocenters. The van der Waals surface area contributed by atoms with Crippen LogP contribution in [0.5, 0.6) is 17.2 Å². The van der Waals surface area contributed by atoms with Crippen molar-refractivity contribution < 1.29 is 37.3 Å². The van der Waals surface area contributed by atoms with Gasteiger partial charge in [-0.25, -0.2) is 0 Å². The monoisotopic (exact) mass is 477 g/mol. The van der Waals surface area contributed by atoms with E-state index in [1.807, 2.05) is 0 Å². The fourth-order valence-electron chi connectivity index (χ4n) is 3.99. The molecule has 0 saturated carbocycles. The van der Waals surface area contributed by atoms with Crippen molar-refractivity contribution in [2.45, 2.75) is 18.5 Å². The van der Waals surface area contributed by atoms with Crippen molar-refractivity contribution in [3.05, 3.63) is 82.4 Å². The first-order chi connectivity index (χ1) is 15.6. The molecule has 1 amide bonds. The molecule has 3 aromatic carbocycles. The first-order valence-electron chi connectivity index (χ1n) is 9.74. The van der Waals surface area contributed by atoms with Crippen LogP contribution in [0.25, 0.3) is 0 Å². The number of hydrogen-bond acceptors (Lipinski definition) is 5. The van der Waals surface area contributed by atoms with Crippen LogP contribution in [0.15, 0.2) is 60.7 Å². The standard InChI is InChI=1S/C23H15ClF3NO5/c24-15-4-1-13(2-5-15)11-28-18-7-6-16(33-23(25,26)27)10-17(18)22(30,21(28)29)14-3-8-19-20(9-14)32-12-31-19/h1-10,30H,11-12H2. The number of rotatable bonds is 4. The Morgan fingerprint density at radius 3 is 2.48 bits per heavy atom. The molecule has 1 N–H and O–H groups in total. The second-order valence-corrected chi connectivity index (χ2v) is 7.96. The van der Waals surface area contributed by atoms with Gasteiger partial charge in [-0.05, 0) is 48.0 Å². The van der Waals surface area contributed by atoms with Crippen molar-refractivity contribution in [1.29, 1.82) is 0 Å². The minimum Gasteiger partial charge on any atom is -0.454 e. The summed E-state index contributed by atoms with van der Waals surface area (Å²) in [6.45, 7) is 0.0450. The van der Waals surface area contributed by atoms with Gasteiger partial charge >= 0.3 is 6.36 Å². The average Bonchev–Trinajstić information content (AvgIpc) is 3.31. The molecule has 0 fully saturated rings. The van der Waals surface area contributed by atoms with Crippen molar-refractivity contribution >= 4 is 23.2 Å². The van der Waals surface area contributed by atoms with Crippen LogP contribution in [0.3, 0.4) is 0 Å². The second-order valence-electron chi connectivity index (χ2n) is 7.52. The summed E-state index contributed by atoms with van der Waals surface area (Å²) in [5.74, 6) is -0.536. The van der Waals surface area contributed by atoms with Crippen LogP contribution in [-0.2, 0) is 16.9 Å². The molecule has 2 heterocycles. The minimum absolute atomic E-state index is 0.0198. The van der Waals surface area contributed by atoms with Crippen LogP contribution in [0.4, 0.5) is 18.9 Å². The predicted molar refractivity (Wildman–Crippen MR) is 111 cm³/mol. The number of ether oxygens (including phenoxy) is 3. The van der Waals surface area contributed by atoms with Crippen LogP contribution >= 0.6 is 11.6 Å². The Bertz CT molecular complexity index is 1250. The minimum atomic E-state index is -4.93. The third kappa shape index (κ3) is 3.73. The molecule has 0 aliphatic carbocycles. The van der Waals surface area contributed by atoms with Gasteiger partial charge in [-0.3, -0.25) is 4.79 Å². The molecule has 3 aromatic rings. The Hall–Kier alpha value is -3.43. The van der Waals surface area contributed by atoms with E-state index in [2.05, 4.69) is 4.74 Å². The van der Waals surface area contributed by atoms with Gasteiger partial charge in [0.05, 0.1) is 12.2 Å². The van der Waals surface area contributed by atoms with Crippen LogP contribution in [-0.4, -0.2) is 24.2 Å². The number of fused-ring (bicyclic) bond motifs is 2. The summed E-state index contributed by atoms with van der Waals surface area (Å²) in [6, 6.07) is 14.6. The van der Waals surface area contributed by atoms with Gasteiger partial charge < -0.3 is 24.2 Å². The van der Waals surface area contributed by atoms with Gasteiger partial charge in [-0.15, -0.1) is 13.2 Å². The number of carbonyl (C=O) groups is 1. The van der Waals surface area contributed by atoms with E-state index in [4.69, 9.17) is 21.1 Å². The zero-order valence-corrected chi connectivity index (χ0v) is 17.5. The Morgan fingerprint density at radius 1 is 1.03 bits per heavy atom. The van der Waals surface area contributed by atoms with Crippen molar-refractivity contribution in [2.24, 2.45) is 0 Å². The summed E-state index contributed by atoms with van der Waals surface area (Å²) in [4.78, 5) is 14.9. The van der Waals surface area contributed by atoms with E-state index in [0.717, 1.165) is 12.1 Å². The third-order valence-electron chi connectivity index (χ3n) is 5.48. The first kappa shape index (κ1) is 21.4. The summed E-state index contributed by atoms with van der Waals surface area (Å²) in [5, 5.41) is 12.2. The van der Waals surface area contributed by atoms with Gasteiger partial charge in [0, 0.05) is 16.1 Å². The second kappa shape index (κ2) is 7.57. The predicted octanol–water partition coefficient (Wildman–Crippen LogP) is 4.75. The highest BCUT2D eigenvalue weighted by atomic mass is 35.5. The van der Waals surface area contributed by atoms with Crippen LogP contribution in [0, 0.1) is 0 Å². The maximum Gasteiger partial charge on any atom is 0.573 e. The molecular weight excluding hydrogens is 463 g/mol. The van der Waals surface area contributed by atoms with E-state index in [0.29, 0.717) is 22.1 Å². The summed E-state index contributed by atoms with van der Waals surface area (Å²) in [5.41, 5.74) is -1.22. The number of anilines is 1. The molecule has 5 rings (SSSR count). The summed E-state index contributed by atoms with van der Waals surface area (Å²) in [6.07, 6.45) is -4.93. The highest BCUT2D eigenvalue weighted by Gasteiger charge is 2.52. The number of carbonyl (C=O) groups excluding carboxylic acids is 1. The number of aliphatic hydroxyl groups is 1. The number of alkyl halides is 3. The number of nitrogens with zero attached hydrogens (tertiary/aromatic N) is 1. The van der Waals surface area contributed by atoms with Crippen LogP contribution in [0.2, 0.25) is 5.02 Å². The first-order valence-corrected chi connectivity index (χ1v) is 10.1. The topological polar surface area (TPSA) is 68.2 Å². The molecule has 2 aliphatic rings. The normalized spacial score (nSPS) is 19.1. The smallest absolute Gasteiger partial charge is 0.454 e. The van der Waals surface area contributed by atoms with Gasteiger partial charge in [0.2, 0.25) is 6.79 Å². The largest absolute Gasteiger partial charge is 0.573 e. The van der Waals surface area contributed by atoms with Gasteiger partial charge in [0.15, 0.2) is 17.1 Å².